The first-order chi connectivity index (χ1) is 4.02. The second kappa shape index (κ2) is 5.07. The van der Waals surface area contributed by atoms with Crippen molar-refractivity contribution in [2.24, 2.45) is 0 Å². The molecule has 1 radical (unpaired) electrons. The molecule has 0 rings (SSSR count). The van der Waals surface area contributed by atoms with Gasteiger partial charge in [-0.25, -0.2) is 4.79 Å². The molecule has 1 N–H and O–H groups in total. The molecule has 53 valence electrons. The van der Waals surface area contributed by atoms with Crippen LogP contribution in [-0.2, 0) is 14.9 Å². The monoisotopic (exact) mass is 173 g/mol. The van der Waals surface area contributed by atoms with Gasteiger partial charge in [0.05, 0.1) is 0 Å². The molecule has 0 aliphatic rings. The zero-order valence-corrected chi connectivity index (χ0v) is 8.60. The van der Waals surface area contributed by atoms with Crippen molar-refractivity contribution < 1.29 is 17.8 Å². The molecule has 0 heterocycles. The molecule has 0 aliphatic carbocycles. The van der Waals surface area contributed by atoms with E-state index in [0.29, 0.717) is 0 Å². The fraction of sp³-hybridized carbons (Fsp3) is 0.500. The Labute approximate surface area is 81.3 Å². The maximum atomic E-state index is 10.0. The van der Waals surface area contributed by atoms with Gasteiger partial charge in [-0.15, -0.1) is 0 Å². The minimum absolute atomic E-state index is 0. The zero-order valence-electron chi connectivity index (χ0n) is 5.79. The molecule has 0 aromatic rings. The summed E-state index contributed by atoms with van der Waals surface area (Å²) in [5, 5.41) is 0. The second-order valence-electron chi connectivity index (χ2n) is 1.35. The summed E-state index contributed by atoms with van der Waals surface area (Å²) in [5.41, 5.74) is 0. The number of carbonyl (C=O) groups excluding carboxylic acids is 1. The average Bonchev–Trinajstić information content (AvgIpc) is 1.65. The van der Waals surface area contributed by atoms with Crippen LogP contribution in [0.3, 0.4) is 0 Å². The first kappa shape index (κ1) is 13.0. The van der Waals surface area contributed by atoms with Crippen molar-refractivity contribution in [2.45, 2.75) is 13.3 Å². The third-order valence-corrected chi connectivity index (χ3v) is 1.74. The Bertz CT molecular complexity index is 236. The van der Waals surface area contributed by atoms with Crippen LogP contribution in [0.25, 0.3) is 0 Å². The molecule has 6 heteroatoms. The molecular formula is C4H6NaO4S. The molecular weight excluding hydrogens is 167 g/mol. The molecule has 4 nitrogen and oxygen atoms in total. The number of hydrogen-bond donors (Lipinski definition) is 1. The maximum Gasteiger partial charge on any atom is 0.301 e. The molecule has 0 aromatic carbocycles. The van der Waals surface area contributed by atoms with Gasteiger partial charge >= 0.3 is 10.1 Å². The molecule has 0 bridgehead atoms. The smallest absolute Gasteiger partial charge is 0.281 e. The molecule has 0 aromatic heterocycles. The third-order valence-electron chi connectivity index (χ3n) is 0.746. The molecule has 0 atom stereocenters. The summed E-state index contributed by atoms with van der Waals surface area (Å²) in [7, 11) is -4.27. The summed E-state index contributed by atoms with van der Waals surface area (Å²) in [6.45, 7) is 1.44. The quantitative estimate of drug-likeness (QED) is 0.351. The van der Waals surface area contributed by atoms with Gasteiger partial charge in [0.1, 0.15) is 5.94 Å². The van der Waals surface area contributed by atoms with Crippen LogP contribution in [0, 0.1) is 0 Å². The normalized spacial score (nSPS) is 9.40. The standard InChI is InChI=1S/C4H6O4S.Na/c1-2-4(3-5)9(6,7)8;/h2H2,1H3,(H,6,7,8);. The molecule has 10 heavy (non-hydrogen) atoms. The third kappa shape index (κ3) is 4.22. The van der Waals surface area contributed by atoms with E-state index in [1.807, 2.05) is 0 Å². The largest absolute Gasteiger partial charge is 0.301 e. The van der Waals surface area contributed by atoms with Crippen LogP contribution in [-0.4, -0.2) is 48.5 Å². The van der Waals surface area contributed by atoms with Crippen molar-refractivity contribution in [3.63, 3.8) is 0 Å². The Kier molecular flexibility index (Phi) is 6.58. The van der Waals surface area contributed by atoms with E-state index < -0.39 is 15.0 Å². The van der Waals surface area contributed by atoms with E-state index in [1.165, 1.54) is 6.92 Å². The van der Waals surface area contributed by atoms with Crippen LogP contribution >= 0.6 is 0 Å². The Balaban J connectivity index is 0. The van der Waals surface area contributed by atoms with Crippen molar-refractivity contribution in [1.82, 2.24) is 0 Å². The summed E-state index contributed by atoms with van der Waals surface area (Å²) < 4.78 is 28.2. The fourth-order valence-electron chi connectivity index (χ4n) is 0.307. The molecule has 0 aliphatic heterocycles. The van der Waals surface area contributed by atoms with Crippen molar-refractivity contribution in [3.8, 4) is 0 Å². The first-order valence-electron chi connectivity index (χ1n) is 2.23. The summed E-state index contributed by atoms with van der Waals surface area (Å²) >= 11 is 0. The van der Waals surface area contributed by atoms with Crippen LogP contribution in [0.15, 0.2) is 4.91 Å². The van der Waals surface area contributed by atoms with Gasteiger partial charge in [0.2, 0.25) is 0 Å². The molecule has 0 amide bonds. The number of rotatable bonds is 2. The molecule has 0 fully saturated rings. The average molecular weight is 173 g/mol. The number of hydrogen-bond acceptors (Lipinski definition) is 3. The Hall–Kier alpha value is 0.360. The topological polar surface area (TPSA) is 71.4 Å². The summed E-state index contributed by atoms with van der Waals surface area (Å²) in [6, 6.07) is 0. The first-order valence-corrected chi connectivity index (χ1v) is 3.67. The van der Waals surface area contributed by atoms with E-state index in [1.54, 1.807) is 0 Å². The van der Waals surface area contributed by atoms with Gasteiger partial charge in [-0.2, -0.15) is 8.42 Å². The van der Waals surface area contributed by atoms with E-state index in [4.69, 9.17) is 4.55 Å². The summed E-state index contributed by atoms with van der Waals surface area (Å²) in [6.07, 6.45) is -0.0255. The van der Waals surface area contributed by atoms with E-state index >= 15 is 0 Å². The molecule has 0 unspecified atom stereocenters. The Morgan fingerprint density at radius 2 is 2.00 bits per heavy atom. The second-order valence-corrected chi connectivity index (χ2v) is 2.80. The van der Waals surface area contributed by atoms with Crippen molar-refractivity contribution in [2.75, 3.05) is 0 Å². The van der Waals surface area contributed by atoms with Gasteiger partial charge < -0.3 is 0 Å². The van der Waals surface area contributed by atoms with Gasteiger partial charge in [0.25, 0.3) is 0 Å². The Morgan fingerprint density at radius 1 is 1.60 bits per heavy atom. The van der Waals surface area contributed by atoms with Gasteiger partial charge in [-0.1, -0.05) is 6.92 Å². The van der Waals surface area contributed by atoms with E-state index in [0.717, 1.165) is 5.94 Å². The predicted molar refractivity (Wildman–Crippen MR) is 36.8 cm³/mol. The van der Waals surface area contributed by atoms with Crippen LogP contribution in [0.5, 0.6) is 0 Å². The number of allylic oxidation sites excluding steroid dienone is 1. The molecule has 0 saturated carbocycles. The van der Waals surface area contributed by atoms with E-state index in [-0.39, 0.29) is 36.0 Å². The van der Waals surface area contributed by atoms with Gasteiger partial charge in [0.15, 0.2) is 4.91 Å². The maximum absolute atomic E-state index is 10.0. The summed E-state index contributed by atoms with van der Waals surface area (Å²) in [4.78, 5) is 9.07. The summed E-state index contributed by atoms with van der Waals surface area (Å²) in [5.74, 6) is 1.12. The SMILES string of the molecule is CCC(=C=O)S(=O)(=O)O.[Na]. The van der Waals surface area contributed by atoms with Gasteiger partial charge in [0, 0.05) is 29.6 Å². The van der Waals surface area contributed by atoms with Crippen molar-refractivity contribution in [3.05, 3.63) is 4.91 Å². The molecule has 0 spiro atoms. The van der Waals surface area contributed by atoms with Crippen LogP contribution in [0.1, 0.15) is 13.3 Å². The Morgan fingerprint density at radius 3 is 2.00 bits per heavy atom. The van der Waals surface area contributed by atoms with Gasteiger partial charge in [-0.05, 0) is 6.42 Å². The van der Waals surface area contributed by atoms with E-state index in [2.05, 4.69) is 0 Å². The molecule has 0 saturated heterocycles. The van der Waals surface area contributed by atoms with Crippen LogP contribution in [0.4, 0.5) is 0 Å². The van der Waals surface area contributed by atoms with Crippen molar-refractivity contribution >= 4 is 45.6 Å². The predicted octanol–water partition coefficient (Wildman–Crippen LogP) is -0.381. The minimum Gasteiger partial charge on any atom is -0.281 e. The van der Waals surface area contributed by atoms with Crippen molar-refractivity contribution in [1.29, 1.82) is 0 Å². The minimum atomic E-state index is -4.27. The van der Waals surface area contributed by atoms with Gasteiger partial charge in [-0.3, -0.25) is 4.55 Å². The zero-order chi connectivity index (χ0) is 7.49. The van der Waals surface area contributed by atoms with E-state index in [9.17, 15) is 13.2 Å². The fourth-order valence-corrected chi connectivity index (χ4v) is 0.777. The van der Waals surface area contributed by atoms with Crippen LogP contribution < -0.4 is 0 Å². The van der Waals surface area contributed by atoms with Crippen LogP contribution in [0.2, 0.25) is 0 Å².